The molecule has 1 aliphatic rings. The van der Waals surface area contributed by atoms with E-state index in [-0.39, 0.29) is 5.82 Å². The van der Waals surface area contributed by atoms with Crippen LogP contribution in [-0.2, 0) is 0 Å². The van der Waals surface area contributed by atoms with E-state index in [1.807, 2.05) is 31.1 Å². The lowest BCUT2D eigenvalue weighted by molar-refractivity contribution is 0.260. The van der Waals surface area contributed by atoms with Gasteiger partial charge in [0.2, 0.25) is 0 Å². The third kappa shape index (κ3) is 4.68. The van der Waals surface area contributed by atoms with Gasteiger partial charge in [-0.15, -0.1) is 0 Å². The summed E-state index contributed by atoms with van der Waals surface area (Å²) >= 11 is 0. The van der Waals surface area contributed by atoms with Crippen LogP contribution in [0.5, 0.6) is 5.75 Å². The van der Waals surface area contributed by atoms with Crippen molar-refractivity contribution in [3.05, 3.63) is 60.3 Å². The Balaban J connectivity index is 1.39. The molecule has 3 N–H and O–H groups in total. The van der Waals surface area contributed by atoms with Crippen molar-refractivity contribution in [2.75, 3.05) is 40.3 Å². The molecule has 0 saturated heterocycles. The van der Waals surface area contributed by atoms with E-state index >= 15 is 0 Å². The maximum absolute atomic E-state index is 14.5. The highest BCUT2D eigenvalue weighted by Gasteiger charge is 2.18. The van der Waals surface area contributed by atoms with Crippen molar-refractivity contribution < 1.29 is 9.13 Å². The molecule has 9 nitrogen and oxygen atoms in total. The Labute approximate surface area is 212 Å². The predicted molar refractivity (Wildman–Crippen MR) is 142 cm³/mol. The molecule has 5 heterocycles. The number of ether oxygens (including phenoxy) is 1. The fourth-order valence-corrected chi connectivity index (χ4v) is 4.53. The first-order valence-corrected chi connectivity index (χ1v) is 12.2. The monoisotopic (exact) mass is 498 g/mol. The van der Waals surface area contributed by atoms with Crippen LogP contribution in [0.15, 0.2) is 48.8 Å². The van der Waals surface area contributed by atoms with E-state index in [1.165, 1.54) is 17.7 Å². The minimum absolute atomic E-state index is 0.372. The van der Waals surface area contributed by atoms with E-state index in [2.05, 4.69) is 42.6 Å². The van der Waals surface area contributed by atoms with Gasteiger partial charge >= 0.3 is 0 Å². The van der Waals surface area contributed by atoms with E-state index in [0.717, 1.165) is 48.2 Å². The number of fused-ring (bicyclic) bond motifs is 2. The third-order valence-electron chi connectivity index (χ3n) is 6.44. The molecule has 0 spiro atoms. The molecule has 0 amide bonds. The van der Waals surface area contributed by atoms with E-state index in [1.54, 1.807) is 12.4 Å². The van der Waals surface area contributed by atoms with Crippen LogP contribution in [0.25, 0.3) is 50.3 Å². The second-order valence-corrected chi connectivity index (χ2v) is 9.34. The third-order valence-corrected chi connectivity index (χ3v) is 6.44. The highest BCUT2D eigenvalue weighted by Crippen LogP contribution is 2.33. The number of benzene rings is 1. The summed E-state index contributed by atoms with van der Waals surface area (Å²) in [7, 11) is 3.93. The van der Waals surface area contributed by atoms with Crippen molar-refractivity contribution in [3.8, 4) is 28.4 Å². The molecule has 0 fully saturated rings. The zero-order valence-electron chi connectivity index (χ0n) is 20.7. The highest BCUT2D eigenvalue weighted by atomic mass is 19.1. The SMILES string of the molecule is CN(C)CCOc1cc(F)cc(-c2ccnc3[nH]c(-c4n[nH]c5cnc(C6=CCNCC6)cc45)nc23)c1. The molecule has 1 aromatic carbocycles. The summed E-state index contributed by atoms with van der Waals surface area (Å²) in [5.74, 6) is 0.684. The maximum atomic E-state index is 14.5. The Morgan fingerprint density at radius 3 is 2.89 bits per heavy atom. The normalized spacial score (nSPS) is 14.0. The van der Waals surface area contributed by atoms with Gasteiger partial charge in [-0.2, -0.15) is 5.10 Å². The molecule has 0 atom stereocenters. The van der Waals surface area contributed by atoms with Gasteiger partial charge < -0.3 is 19.9 Å². The number of rotatable bonds is 7. The Morgan fingerprint density at radius 1 is 1.14 bits per heavy atom. The molecular formula is C27H27FN8O. The first-order valence-electron chi connectivity index (χ1n) is 12.2. The number of imidazole rings is 1. The van der Waals surface area contributed by atoms with Gasteiger partial charge in [-0.1, -0.05) is 6.08 Å². The molecule has 5 aromatic rings. The minimum atomic E-state index is -0.372. The fraction of sp³-hybridized carbons (Fsp3) is 0.259. The second kappa shape index (κ2) is 9.72. The number of hydrogen-bond donors (Lipinski definition) is 3. The Bertz CT molecular complexity index is 1620. The lowest BCUT2D eigenvalue weighted by Gasteiger charge is -2.13. The smallest absolute Gasteiger partial charge is 0.160 e. The first-order chi connectivity index (χ1) is 18.0. The van der Waals surface area contributed by atoms with Gasteiger partial charge in [0.1, 0.15) is 29.4 Å². The average molecular weight is 499 g/mol. The van der Waals surface area contributed by atoms with Crippen molar-refractivity contribution in [3.63, 3.8) is 0 Å². The van der Waals surface area contributed by atoms with E-state index < -0.39 is 0 Å². The minimum Gasteiger partial charge on any atom is -0.492 e. The molecule has 37 heavy (non-hydrogen) atoms. The maximum Gasteiger partial charge on any atom is 0.160 e. The second-order valence-electron chi connectivity index (χ2n) is 9.34. The first kappa shape index (κ1) is 23.3. The van der Waals surface area contributed by atoms with Gasteiger partial charge in [-0.05, 0) is 62.5 Å². The van der Waals surface area contributed by atoms with Gasteiger partial charge in [0.05, 0.1) is 17.4 Å². The molecule has 0 bridgehead atoms. The standard InChI is InChI=1S/C27H27FN8O/c1-36(2)9-10-37-19-12-17(11-18(28)13-19)20-5-8-30-26-24(20)32-27(33-26)25-21-14-22(16-3-6-29-7-4-16)31-15-23(21)34-35-25/h3,5,8,11-15,29H,4,6-7,9-10H2,1-2H3,(H,34,35)(H,30,32,33). The molecule has 0 saturated carbocycles. The lowest BCUT2D eigenvalue weighted by atomic mass is 10.0. The molecule has 4 aromatic heterocycles. The zero-order chi connectivity index (χ0) is 25.4. The molecular weight excluding hydrogens is 471 g/mol. The molecule has 188 valence electrons. The summed E-state index contributed by atoms with van der Waals surface area (Å²) < 4.78 is 20.3. The number of aromatic amines is 2. The Morgan fingerprint density at radius 2 is 2.05 bits per heavy atom. The number of hydrogen-bond acceptors (Lipinski definition) is 7. The van der Waals surface area contributed by atoms with Crippen molar-refractivity contribution in [1.82, 2.24) is 40.3 Å². The molecule has 6 rings (SSSR count). The van der Waals surface area contributed by atoms with Crippen LogP contribution in [0.3, 0.4) is 0 Å². The number of H-pyrrole nitrogens is 2. The van der Waals surface area contributed by atoms with Gasteiger partial charge in [0, 0.05) is 36.3 Å². The number of likely N-dealkylation sites (N-methyl/N-ethyl adjacent to an activating group) is 1. The predicted octanol–water partition coefficient (Wildman–Crippen LogP) is 4.02. The summed E-state index contributed by atoms with van der Waals surface area (Å²) in [6.07, 6.45) is 6.59. The van der Waals surface area contributed by atoms with E-state index in [4.69, 9.17) is 9.72 Å². The molecule has 0 unspecified atom stereocenters. The summed E-state index contributed by atoms with van der Waals surface area (Å²) in [6, 6.07) is 8.59. The summed E-state index contributed by atoms with van der Waals surface area (Å²) in [5.41, 5.74) is 6.32. The lowest BCUT2D eigenvalue weighted by Crippen LogP contribution is -2.20. The van der Waals surface area contributed by atoms with Gasteiger partial charge in [-0.25, -0.2) is 14.4 Å². The largest absolute Gasteiger partial charge is 0.492 e. The Hall–Kier alpha value is -4.15. The van der Waals surface area contributed by atoms with Crippen molar-refractivity contribution in [2.45, 2.75) is 6.42 Å². The number of nitrogens with zero attached hydrogens (tertiary/aromatic N) is 5. The number of pyridine rings is 2. The van der Waals surface area contributed by atoms with Crippen LogP contribution < -0.4 is 10.1 Å². The van der Waals surface area contributed by atoms with E-state index in [0.29, 0.717) is 40.6 Å². The quantitative estimate of drug-likeness (QED) is 0.311. The van der Waals surface area contributed by atoms with Crippen LogP contribution >= 0.6 is 0 Å². The molecule has 0 aliphatic carbocycles. The van der Waals surface area contributed by atoms with E-state index in [9.17, 15) is 4.39 Å². The van der Waals surface area contributed by atoms with Crippen LogP contribution in [0.1, 0.15) is 12.1 Å². The number of aromatic nitrogens is 6. The summed E-state index contributed by atoms with van der Waals surface area (Å²) in [6.45, 7) is 2.97. The van der Waals surface area contributed by atoms with Crippen LogP contribution in [0.2, 0.25) is 0 Å². The molecule has 1 aliphatic heterocycles. The van der Waals surface area contributed by atoms with Gasteiger partial charge in [0.15, 0.2) is 11.5 Å². The van der Waals surface area contributed by atoms with Crippen molar-refractivity contribution >= 4 is 27.6 Å². The van der Waals surface area contributed by atoms with Crippen LogP contribution in [-0.4, -0.2) is 75.4 Å². The van der Waals surface area contributed by atoms with Crippen molar-refractivity contribution in [2.24, 2.45) is 0 Å². The van der Waals surface area contributed by atoms with Crippen LogP contribution in [0.4, 0.5) is 4.39 Å². The van der Waals surface area contributed by atoms with Gasteiger partial charge in [-0.3, -0.25) is 10.1 Å². The van der Waals surface area contributed by atoms with Crippen molar-refractivity contribution in [1.29, 1.82) is 0 Å². The highest BCUT2D eigenvalue weighted by molar-refractivity contribution is 5.96. The van der Waals surface area contributed by atoms with Gasteiger partial charge in [0.25, 0.3) is 0 Å². The summed E-state index contributed by atoms with van der Waals surface area (Å²) in [5, 5.41) is 11.8. The number of halogens is 1. The molecule has 10 heteroatoms. The van der Waals surface area contributed by atoms with Crippen LogP contribution in [0, 0.1) is 5.82 Å². The molecule has 0 radical (unpaired) electrons. The Kier molecular flexibility index (Phi) is 6.11. The number of nitrogens with one attached hydrogen (secondary N) is 3. The average Bonchev–Trinajstić information content (AvgIpc) is 3.52. The topological polar surface area (TPSA) is 108 Å². The summed E-state index contributed by atoms with van der Waals surface area (Å²) in [4.78, 5) is 19.2. The zero-order valence-corrected chi connectivity index (χ0v) is 20.7. The fourth-order valence-electron chi connectivity index (χ4n) is 4.53.